The molecule has 1 aliphatic heterocycles. The van der Waals surface area contributed by atoms with Crippen molar-refractivity contribution >= 4 is 22.9 Å². The van der Waals surface area contributed by atoms with Gasteiger partial charge in [-0.2, -0.15) is 0 Å². The predicted octanol–water partition coefficient (Wildman–Crippen LogP) is 1.25. The lowest BCUT2D eigenvalue weighted by Gasteiger charge is -2.16. The van der Waals surface area contributed by atoms with Crippen molar-refractivity contribution in [1.82, 2.24) is 0 Å². The summed E-state index contributed by atoms with van der Waals surface area (Å²) in [5, 5.41) is 0. The fraction of sp³-hybridized carbons (Fsp3) is 0.429. The van der Waals surface area contributed by atoms with E-state index < -0.39 is 0 Å². The normalized spacial score (nSPS) is 24.7. The van der Waals surface area contributed by atoms with E-state index in [0.717, 1.165) is 6.42 Å². The molecule has 1 unspecified atom stereocenters. The van der Waals surface area contributed by atoms with E-state index in [0.29, 0.717) is 4.86 Å². The first-order valence-electron chi connectivity index (χ1n) is 3.16. The topological polar surface area (TPSA) is 26.3 Å². The van der Waals surface area contributed by atoms with Gasteiger partial charge in [0.15, 0.2) is 5.78 Å². The minimum absolute atomic E-state index is 0.0897. The van der Waals surface area contributed by atoms with Gasteiger partial charge in [0.05, 0.1) is 6.26 Å². The molecule has 10 heavy (non-hydrogen) atoms. The second-order valence-electron chi connectivity index (χ2n) is 2.06. The van der Waals surface area contributed by atoms with Crippen molar-refractivity contribution in [1.29, 1.82) is 0 Å². The van der Waals surface area contributed by atoms with Gasteiger partial charge in [-0.3, -0.25) is 4.79 Å². The Hall–Kier alpha value is -0.700. The molecule has 0 aromatic rings. The molecule has 0 radical (unpaired) electrons. The molecule has 0 spiro atoms. The van der Waals surface area contributed by atoms with Crippen molar-refractivity contribution in [2.24, 2.45) is 0 Å². The molecular formula is C7H8O2S. The van der Waals surface area contributed by atoms with Crippen molar-refractivity contribution in [3.8, 4) is 0 Å². The SMILES string of the molecule is CCC1OC=CC(=O)C1=S. The molecule has 54 valence electrons. The Labute approximate surface area is 64.9 Å². The fourth-order valence-electron chi connectivity index (χ4n) is 0.780. The van der Waals surface area contributed by atoms with Gasteiger partial charge in [-0.05, 0) is 6.42 Å². The molecule has 0 bridgehead atoms. The van der Waals surface area contributed by atoms with Crippen molar-refractivity contribution in [2.75, 3.05) is 0 Å². The number of hydrogen-bond donors (Lipinski definition) is 0. The third-order valence-corrected chi connectivity index (χ3v) is 1.83. The summed E-state index contributed by atoms with van der Waals surface area (Å²) in [6.07, 6.45) is 3.35. The van der Waals surface area contributed by atoms with Crippen LogP contribution in [-0.4, -0.2) is 16.8 Å². The van der Waals surface area contributed by atoms with Crippen LogP contribution in [0.15, 0.2) is 12.3 Å². The monoisotopic (exact) mass is 156 g/mol. The van der Waals surface area contributed by atoms with E-state index in [2.05, 4.69) is 0 Å². The Bertz CT molecular complexity index is 196. The first-order valence-corrected chi connectivity index (χ1v) is 3.56. The third kappa shape index (κ3) is 1.24. The maximum atomic E-state index is 10.9. The van der Waals surface area contributed by atoms with E-state index in [1.807, 2.05) is 6.92 Å². The van der Waals surface area contributed by atoms with Crippen LogP contribution in [-0.2, 0) is 9.53 Å². The summed E-state index contributed by atoms with van der Waals surface area (Å²) in [5.41, 5.74) is 0. The Kier molecular flexibility index (Phi) is 2.17. The van der Waals surface area contributed by atoms with Gasteiger partial charge >= 0.3 is 0 Å². The molecule has 1 rings (SSSR count). The highest BCUT2D eigenvalue weighted by molar-refractivity contribution is 7.82. The summed E-state index contributed by atoms with van der Waals surface area (Å²) in [6.45, 7) is 1.93. The summed E-state index contributed by atoms with van der Waals surface area (Å²) >= 11 is 4.82. The quantitative estimate of drug-likeness (QED) is 0.534. The highest BCUT2D eigenvalue weighted by atomic mass is 32.1. The number of carbonyl (C=O) groups is 1. The molecule has 0 saturated carbocycles. The van der Waals surface area contributed by atoms with E-state index in [1.165, 1.54) is 12.3 Å². The highest BCUT2D eigenvalue weighted by Crippen LogP contribution is 2.08. The average molecular weight is 156 g/mol. The van der Waals surface area contributed by atoms with Crippen LogP contribution < -0.4 is 0 Å². The van der Waals surface area contributed by atoms with Crippen LogP contribution >= 0.6 is 12.2 Å². The van der Waals surface area contributed by atoms with Crippen molar-refractivity contribution in [3.63, 3.8) is 0 Å². The lowest BCUT2D eigenvalue weighted by atomic mass is 10.1. The summed E-state index contributed by atoms with van der Waals surface area (Å²) in [6, 6.07) is 0. The second-order valence-corrected chi connectivity index (χ2v) is 2.50. The summed E-state index contributed by atoms with van der Waals surface area (Å²) in [4.78, 5) is 11.2. The highest BCUT2D eigenvalue weighted by Gasteiger charge is 2.21. The molecule has 2 nitrogen and oxygen atoms in total. The molecule has 3 heteroatoms. The van der Waals surface area contributed by atoms with Gasteiger partial charge < -0.3 is 4.74 Å². The number of carbonyl (C=O) groups excluding carboxylic acids is 1. The molecule has 1 aliphatic rings. The van der Waals surface area contributed by atoms with E-state index in [-0.39, 0.29) is 11.9 Å². The standard InChI is InChI=1S/C7H8O2S/c1-2-6-7(10)5(8)3-4-9-6/h3-4,6H,2H2,1H3. The number of hydrogen-bond acceptors (Lipinski definition) is 3. The number of allylic oxidation sites excluding steroid dienone is 1. The Morgan fingerprint density at radius 1 is 1.80 bits per heavy atom. The van der Waals surface area contributed by atoms with Crippen LogP contribution in [0, 0.1) is 0 Å². The van der Waals surface area contributed by atoms with Crippen LogP contribution in [0.4, 0.5) is 0 Å². The number of rotatable bonds is 1. The summed E-state index contributed by atoms with van der Waals surface area (Å²) in [5.74, 6) is -0.0897. The van der Waals surface area contributed by atoms with E-state index in [4.69, 9.17) is 17.0 Å². The largest absolute Gasteiger partial charge is 0.492 e. The molecule has 0 fully saturated rings. The smallest absolute Gasteiger partial charge is 0.199 e. The van der Waals surface area contributed by atoms with Crippen molar-refractivity contribution < 1.29 is 9.53 Å². The number of ether oxygens (including phenoxy) is 1. The Morgan fingerprint density at radius 2 is 2.50 bits per heavy atom. The van der Waals surface area contributed by atoms with Gasteiger partial charge in [0.2, 0.25) is 0 Å². The zero-order valence-electron chi connectivity index (χ0n) is 5.66. The molecule has 0 saturated heterocycles. The van der Waals surface area contributed by atoms with Gasteiger partial charge in [-0.15, -0.1) is 0 Å². The molecule has 0 N–H and O–H groups in total. The third-order valence-electron chi connectivity index (χ3n) is 1.37. The van der Waals surface area contributed by atoms with Gasteiger partial charge in [0.1, 0.15) is 11.0 Å². The zero-order valence-corrected chi connectivity index (χ0v) is 6.48. The Morgan fingerprint density at radius 3 is 3.00 bits per heavy atom. The maximum Gasteiger partial charge on any atom is 0.199 e. The lowest BCUT2D eigenvalue weighted by molar-refractivity contribution is -0.109. The van der Waals surface area contributed by atoms with Gasteiger partial charge in [-0.1, -0.05) is 19.1 Å². The van der Waals surface area contributed by atoms with Gasteiger partial charge in [0.25, 0.3) is 0 Å². The summed E-state index contributed by atoms with van der Waals surface area (Å²) in [7, 11) is 0. The van der Waals surface area contributed by atoms with Crippen LogP contribution in [0.1, 0.15) is 13.3 Å². The molecular weight excluding hydrogens is 148 g/mol. The van der Waals surface area contributed by atoms with E-state index >= 15 is 0 Å². The van der Waals surface area contributed by atoms with E-state index in [9.17, 15) is 4.79 Å². The van der Waals surface area contributed by atoms with Gasteiger partial charge in [0, 0.05) is 6.08 Å². The molecule has 1 heterocycles. The minimum atomic E-state index is -0.174. The molecule has 1 atom stereocenters. The van der Waals surface area contributed by atoms with Crippen LogP contribution in [0.3, 0.4) is 0 Å². The molecule has 0 aromatic carbocycles. The average Bonchev–Trinajstić information content (AvgIpc) is 1.95. The maximum absolute atomic E-state index is 10.9. The molecule has 0 aliphatic carbocycles. The van der Waals surface area contributed by atoms with Gasteiger partial charge in [-0.25, -0.2) is 0 Å². The van der Waals surface area contributed by atoms with E-state index in [1.54, 1.807) is 0 Å². The zero-order chi connectivity index (χ0) is 7.56. The fourth-order valence-corrected chi connectivity index (χ4v) is 1.07. The van der Waals surface area contributed by atoms with Crippen LogP contribution in [0.25, 0.3) is 0 Å². The van der Waals surface area contributed by atoms with Crippen LogP contribution in [0.5, 0.6) is 0 Å². The predicted molar refractivity (Wildman–Crippen MR) is 41.9 cm³/mol. The first-order chi connectivity index (χ1) is 4.75. The van der Waals surface area contributed by atoms with Crippen molar-refractivity contribution in [3.05, 3.63) is 12.3 Å². The second kappa shape index (κ2) is 2.92. The summed E-state index contributed by atoms with van der Waals surface area (Å²) < 4.78 is 5.07. The number of thiocarbonyl (C=S) groups is 1. The van der Waals surface area contributed by atoms with Crippen LogP contribution in [0.2, 0.25) is 0 Å². The molecule has 0 amide bonds. The molecule has 0 aromatic heterocycles. The Balaban J connectivity index is 2.74. The number of ketones is 1. The first kappa shape index (κ1) is 7.41. The minimum Gasteiger partial charge on any atom is -0.492 e. The lowest BCUT2D eigenvalue weighted by Crippen LogP contribution is -2.29. The van der Waals surface area contributed by atoms with Crippen molar-refractivity contribution in [2.45, 2.75) is 19.4 Å².